The maximum Gasteiger partial charge on any atom is 0.0961 e. The Balaban J connectivity index is 0. The van der Waals surface area contributed by atoms with Gasteiger partial charge in [0.25, 0.3) is 0 Å². The van der Waals surface area contributed by atoms with Crippen molar-refractivity contribution < 1.29 is 0 Å². The van der Waals surface area contributed by atoms with Crippen LogP contribution in [-0.2, 0) is 0 Å². The lowest BCUT2D eigenvalue weighted by Gasteiger charge is -2.12. The van der Waals surface area contributed by atoms with E-state index in [2.05, 4.69) is 32.3 Å². The molecule has 0 aliphatic rings. The fourth-order valence-electron chi connectivity index (χ4n) is 1.47. The normalized spacial score (nSPS) is 12.1. The van der Waals surface area contributed by atoms with E-state index in [4.69, 9.17) is 5.73 Å². The van der Waals surface area contributed by atoms with Crippen molar-refractivity contribution in [2.45, 2.75) is 55.4 Å². The van der Waals surface area contributed by atoms with Crippen molar-refractivity contribution >= 4 is 5.84 Å². The van der Waals surface area contributed by atoms with Crippen LogP contribution >= 0.6 is 0 Å². The summed E-state index contributed by atoms with van der Waals surface area (Å²) in [6.45, 7) is 20.0. The van der Waals surface area contributed by atoms with Crippen LogP contribution < -0.4 is 5.73 Å². The minimum absolute atomic E-state index is 0.577. The molecule has 0 saturated carbocycles. The van der Waals surface area contributed by atoms with Crippen LogP contribution in [0, 0.1) is 0 Å². The highest BCUT2D eigenvalue weighted by molar-refractivity contribution is 5.78. The average molecular weight is 236 g/mol. The van der Waals surface area contributed by atoms with E-state index in [1.165, 1.54) is 11.1 Å². The summed E-state index contributed by atoms with van der Waals surface area (Å²) in [4.78, 5) is 4.28. The van der Waals surface area contributed by atoms with Crippen LogP contribution in [0.15, 0.2) is 39.6 Å². The van der Waals surface area contributed by atoms with Crippen LogP contribution in [0.4, 0.5) is 0 Å². The molecule has 0 aromatic heterocycles. The summed E-state index contributed by atoms with van der Waals surface area (Å²) < 4.78 is 0. The van der Waals surface area contributed by atoms with E-state index in [9.17, 15) is 0 Å². The second-order valence-electron chi connectivity index (χ2n) is 4.12. The van der Waals surface area contributed by atoms with Gasteiger partial charge in [0.05, 0.1) is 5.84 Å². The predicted octanol–water partition coefficient (Wildman–Crippen LogP) is 4.60. The van der Waals surface area contributed by atoms with Gasteiger partial charge in [0.2, 0.25) is 0 Å². The van der Waals surface area contributed by atoms with Crippen molar-refractivity contribution in [3.63, 3.8) is 0 Å². The quantitative estimate of drug-likeness (QED) is 0.434. The van der Waals surface area contributed by atoms with Crippen LogP contribution in [0.2, 0.25) is 0 Å². The molecule has 0 atom stereocenters. The number of hydrogen-bond donors (Lipinski definition) is 1. The fourth-order valence-corrected chi connectivity index (χ4v) is 1.47. The molecule has 2 N–H and O–H groups in total. The van der Waals surface area contributed by atoms with Gasteiger partial charge in [0.15, 0.2) is 0 Å². The van der Waals surface area contributed by atoms with E-state index in [0.29, 0.717) is 5.84 Å². The lowest BCUT2D eigenvalue weighted by Crippen LogP contribution is -2.06. The van der Waals surface area contributed by atoms with Crippen LogP contribution in [0.1, 0.15) is 55.4 Å². The third-order valence-corrected chi connectivity index (χ3v) is 2.26. The second-order valence-corrected chi connectivity index (χ2v) is 4.12. The molecule has 0 saturated heterocycles. The Hall–Kier alpha value is -1.31. The Kier molecular flexibility index (Phi) is 9.35. The zero-order chi connectivity index (χ0) is 14.2. The molecule has 98 valence electrons. The first-order chi connectivity index (χ1) is 7.77. The number of allylic oxidation sites excluding steroid dienone is 5. The zero-order valence-corrected chi connectivity index (χ0v) is 12.7. The van der Waals surface area contributed by atoms with E-state index in [-0.39, 0.29) is 0 Å². The molecule has 0 amide bonds. The Morgan fingerprint density at radius 1 is 0.941 bits per heavy atom. The summed E-state index contributed by atoms with van der Waals surface area (Å²) >= 11 is 0. The maximum atomic E-state index is 5.58. The van der Waals surface area contributed by atoms with Gasteiger partial charge < -0.3 is 5.73 Å². The molecule has 0 heterocycles. The van der Waals surface area contributed by atoms with E-state index in [1.807, 2.05) is 27.7 Å². The first-order valence-electron chi connectivity index (χ1n) is 6.09. The minimum atomic E-state index is 0.577. The van der Waals surface area contributed by atoms with E-state index >= 15 is 0 Å². The first kappa shape index (κ1) is 18.1. The van der Waals surface area contributed by atoms with Crippen molar-refractivity contribution in [3.8, 4) is 0 Å². The molecule has 2 heteroatoms. The third-order valence-electron chi connectivity index (χ3n) is 2.26. The molecule has 0 spiro atoms. The molecule has 0 fully saturated rings. The number of hydrogen-bond acceptors (Lipinski definition) is 1. The van der Waals surface area contributed by atoms with Crippen molar-refractivity contribution in [1.82, 2.24) is 0 Å². The molecule has 0 unspecified atom stereocenters. The number of nitrogens with zero attached hydrogens (tertiary/aromatic N) is 1. The predicted molar refractivity (Wildman–Crippen MR) is 80.2 cm³/mol. The van der Waals surface area contributed by atoms with Gasteiger partial charge in [0.1, 0.15) is 0 Å². The van der Waals surface area contributed by atoms with Gasteiger partial charge in [-0.05, 0) is 52.7 Å². The molecule has 0 bridgehead atoms. The molecule has 0 aliphatic carbocycles. The summed E-state index contributed by atoms with van der Waals surface area (Å²) in [5.41, 5.74) is 11.1. The Morgan fingerprint density at radius 2 is 1.35 bits per heavy atom. The number of rotatable bonds is 3. The summed E-state index contributed by atoms with van der Waals surface area (Å²) in [5, 5.41) is 0. The molecule has 0 aromatic carbocycles. The van der Waals surface area contributed by atoms with Gasteiger partial charge in [-0.2, -0.15) is 0 Å². The fraction of sp³-hybridized carbons (Fsp3) is 0.533. The highest BCUT2D eigenvalue weighted by Crippen LogP contribution is 2.24. The van der Waals surface area contributed by atoms with Crippen LogP contribution in [0.3, 0.4) is 0 Å². The van der Waals surface area contributed by atoms with Crippen LogP contribution in [-0.4, -0.2) is 5.84 Å². The topological polar surface area (TPSA) is 38.4 Å². The second kappa shape index (κ2) is 8.80. The number of aliphatic imine (C=N–C) groups is 1. The summed E-state index contributed by atoms with van der Waals surface area (Å²) in [5.74, 6) is 0.577. The third kappa shape index (κ3) is 6.77. The largest absolute Gasteiger partial charge is 0.387 e. The molecule has 0 rings (SSSR count). The van der Waals surface area contributed by atoms with Crippen molar-refractivity contribution in [2.75, 3.05) is 0 Å². The lowest BCUT2D eigenvalue weighted by atomic mass is 9.96. The maximum absolute atomic E-state index is 5.58. The SMILES string of the molecule is C=C(C)/C(C(C)=C(C)C)=C(/C)N=C(C)N.CC. The Morgan fingerprint density at radius 3 is 1.59 bits per heavy atom. The van der Waals surface area contributed by atoms with E-state index < -0.39 is 0 Å². The van der Waals surface area contributed by atoms with Gasteiger partial charge >= 0.3 is 0 Å². The monoisotopic (exact) mass is 236 g/mol. The molecule has 0 radical (unpaired) electrons. The number of nitrogens with two attached hydrogens (primary N) is 1. The van der Waals surface area contributed by atoms with E-state index in [1.54, 1.807) is 6.92 Å². The smallest absolute Gasteiger partial charge is 0.0961 e. The zero-order valence-electron chi connectivity index (χ0n) is 12.7. The molecule has 0 aromatic rings. The summed E-state index contributed by atoms with van der Waals surface area (Å²) in [7, 11) is 0. The Bertz CT molecular complexity index is 347. The van der Waals surface area contributed by atoms with Crippen LogP contribution in [0.5, 0.6) is 0 Å². The molecule has 17 heavy (non-hydrogen) atoms. The van der Waals surface area contributed by atoms with Gasteiger partial charge in [-0.25, -0.2) is 4.99 Å². The minimum Gasteiger partial charge on any atom is -0.387 e. The van der Waals surface area contributed by atoms with Gasteiger partial charge in [0, 0.05) is 11.3 Å². The van der Waals surface area contributed by atoms with Gasteiger partial charge in [-0.15, -0.1) is 0 Å². The van der Waals surface area contributed by atoms with Gasteiger partial charge in [-0.3, -0.25) is 0 Å². The first-order valence-corrected chi connectivity index (χ1v) is 6.09. The molecule has 2 nitrogen and oxygen atoms in total. The lowest BCUT2D eigenvalue weighted by molar-refractivity contribution is 1.15. The Labute approximate surface area is 107 Å². The molecular formula is C15H28N2. The summed E-state index contributed by atoms with van der Waals surface area (Å²) in [6, 6.07) is 0. The molecular weight excluding hydrogens is 208 g/mol. The van der Waals surface area contributed by atoms with Crippen molar-refractivity contribution in [2.24, 2.45) is 10.7 Å². The average Bonchev–Trinajstić information content (AvgIpc) is 2.18. The molecule has 0 aliphatic heterocycles. The number of amidine groups is 1. The van der Waals surface area contributed by atoms with Crippen molar-refractivity contribution in [1.29, 1.82) is 0 Å². The van der Waals surface area contributed by atoms with Crippen molar-refractivity contribution in [3.05, 3.63) is 34.6 Å². The van der Waals surface area contributed by atoms with Crippen LogP contribution in [0.25, 0.3) is 0 Å². The highest BCUT2D eigenvalue weighted by atomic mass is 14.8. The summed E-state index contributed by atoms with van der Waals surface area (Å²) in [6.07, 6.45) is 0. The van der Waals surface area contributed by atoms with E-state index in [0.717, 1.165) is 16.8 Å². The highest BCUT2D eigenvalue weighted by Gasteiger charge is 2.07. The van der Waals surface area contributed by atoms with Gasteiger partial charge in [-0.1, -0.05) is 26.0 Å². The standard InChI is InChI=1S/C13H22N2.C2H6/c1-8(2)10(5)13(9(3)4)11(6)15-12(7)14;1-2/h3H2,1-2,4-7H3,(H2,14,15);1-2H3/b13-11+;.